The van der Waals surface area contributed by atoms with E-state index in [1.165, 1.54) is 0 Å². The Kier molecular flexibility index (Phi) is 33.3. The molecule has 4 N–H and O–H groups in total. The highest BCUT2D eigenvalue weighted by Crippen LogP contribution is 2.42. The highest BCUT2D eigenvalue weighted by Gasteiger charge is 2.28. The molecular formula is C88H128N16O12. The molecule has 1 aliphatic carbocycles. The van der Waals surface area contributed by atoms with Gasteiger partial charge >= 0.3 is 24.4 Å². The van der Waals surface area contributed by atoms with Crippen LogP contribution in [0.3, 0.4) is 0 Å². The van der Waals surface area contributed by atoms with Gasteiger partial charge in [-0.15, -0.1) is 20.4 Å². The van der Waals surface area contributed by atoms with E-state index in [0.717, 1.165) is 192 Å². The first-order valence-electron chi connectivity index (χ1n) is 41.9. The molecule has 116 heavy (non-hydrogen) atoms. The van der Waals surface area contributed by atoms with Crippen molar-refractivity contribution in [3.63, 3.8) is 0 Å². The van der Waals surface area contributed by atoms with Crippen molar-refractivity contribution in [3.8, 4) is 23.0 Å². The number of carbonyl (C=O) groups is 4. The molecule has 28 heteroatoms. The van der Waals surface area contributed by atoms with Crippen molar-refractivity contribution in [3.05, 3.63) is 163 Å². The molecule has 0 saturated heterocycles. The molecule has 4 heterocycles. The third kappa shape index (κ3) is 30.4. The van der Waals surface area contributed by atoms with E-state index in [-0.39, 0.29) is 26.2 Å². The van der Waals surface area contributed by atoms with Crippen molar-refractivity contribution in [1.29, 1.82) is 0 Å². The van der Waals surface area contributed by atoms with Crippen LogP contribution in [0.2, 0.25) is 0 Å². The first kappa shape index (κ1) is 89.6. The summed E-state index contributed by atoms with van der Waals surface area (Å²) < 4.78 is 59.1. The van der Waals surface area contributed by atoms with Gasteiger partial charge in [-0.2, -0.15) is 0 Å². The molecule has 0 fully saturated rings. The molecule has 0 atom stereocenters. The average Bonchev–Trinajstić information content (AvgIpc) is 0.801. The number of hydrogen-bond acceptors (Lipinski definition) is 20. The Bertz CT molecular complexity index is 3820. The van der Waals surface area contributed by atoms with Gasteiger partial charge in [-0.3, -0.25) is 0 Å². The highest BCUT2D eigenvalue weighted by atomic mass is 16.6. The largest absolute Gasteiger partial charge is 0.493 e. The number of benzene rings is 4. The molecule has 632 valence electrons. The summed E-state index contributed by atoms with van der Waals surface area (Å²) in [5.74, 6) is 3.01. The molecule has 0 unspecified atom stereocenters. The van der Waals surface area contributed by atoms with Crippen LogP contribution in [0.4, 0.5) is 19.2 Å². The minimum atomic E-state index is -0.692. The lowest BCUT2D eigenvalue weighted by molar-refractivity contribution is 0.0511. The molecule has 4 aromatic carbocycles. The Balaban J connectivity index is 1.32. The normalized spacial score (nSPS) is 12.4. The van der Waals surface area contributed by atoms with Crippen molar-refractivity contribution in [2.45, 2.75) is 314 Å². The third-order valence-electron chi connectivity index (χ3n) is 18.7. The maximum atomic E-state index is 13.0. The summed E-state index contributed by atoms with van der Waals surface area (Å²) in [5, 5.41) is 48.2. The number of carbonyl (C=O) groups excluding carboxylic acids is 4. The number of hydrogen-bond donors (Lipinski definition) is 4. The van der Waals surface area contributed by atoms with Gasteiger partial charge in [0.1, 0.15) is 68.2 Å². The standard InChI is InChI=1S/C88H128N16O12/c1-17-21-25-29-33-109-77-65-37-61(53-101-57-73(93-97-101)49-89-81(105)113-85(5,6)7)38-66(77)46-68-40-63(55-103-59-75(95-99-103)51-91-83(107)115-87(11,12)13)42-70(79(68)111-35-31-27-23-19-3)48-72-44-64(56-104-60-76(96-100-104)52-92-84(108)116-88(14,15)16)43-71(80(72)112-36-32-28-24-20-4)47-69-41-62(39-67(45-65)78(69)110-34-30-26-22-18-2)54-102-58-74(94-98-102)50-90-82(106)114-86(8,9)10/h37-44,57-60H,17-36,45-56H2,1-16H3,(H,89,105)(H,90,106)(H,91,107)(H,92,108). The maximum absolute atomic E-state index is 13.0. The van der Waals surface area contributed by atoms with Crippen LogP contribution in [0.15, 0.2) is 73.3 Å². The van der Waals surface area contributed by atoms with Gasteiger partial charge in [0.05, 0.1) is 104 Å². The number of amides is 4. The van der Waals surface area contributed by atoms with Gasteiger partial charge in [0.15, 0.2) is 0 Å². The fourth-order valence-electron chi connectivity index (χ4n) is 13.7. The Morgan fingerprint density at radius 3 is 0.664 bits per heavy atom. The zero-order valence-corrected chi connectivity index (χ0v) is 71.8. The first-order chi connectivity index (χ1) is 55.3. The van der Waals surface area contributed by atoms with Gasteiger partial charge in [0.25, 0.3) is 0 Å². The number of rotatable bonds is 40. The van der Waals surface area contributed by atoms with Crippen LogP contribution in [0.5, 0.6) is 23.0 Å². The summed E-state index contributed by atoms with van der Waals surface area (Å²) in [4.78, 5) is 51.9. The van der Waals surface area contributed by atoms with Crippen LogP contribution in [-0.2, 0) is 97.0 Å². The van der Waals surface area contributed by atoms with Crippen molar-refractivity contribution >= 4 is 24.4 Å². The minimum Gasteiger partial charge on any atom is -0.493 e. The first-order valence-corrected chi connectivity index (χ1v) is 41.9. The van der Waals surface area contributed by atoms with Crippen molar-refractivity contribution in [2.75, 3.05) is 26.4 Å². The van der Waals surface area contributed by atoms with E-state index in [1.807, 2.05) is 108 Å². The van der Waals surface area contributed by atoms with Gasteiger partial charge < -0.3 is 59.2 Å². The maximum Gasteiger partial charge on any atom is 0.407 e. The molecule has 0 radical (unpaired) electrons. The van der Waals surface area contributed by atoms with Gasteiger partial charge in [-0.25, -0.2) is 37.9 Å². The number of nitrogens with zero attached hydrogens (tertiary/aromatic N) is 12. The van der Waals surface area contributed by atoms with E-state index in [9.17, 15) is 19.2 Å². The molecule has 28 nitrogen and oxygen atoms in total. The number of ether oxygens (including phenoxy) is 8. The predicted octanol–water partition coefficient (Wildman–Crippen LogP) is 16.9. The molecule has 0 spiro atoms. The molecule has 1 aliphatic rings. The molecule has 4 aromatic heterocycles. The van der Waals surface area contributed by atoms with E-state index >= 15 is 0 Å². The molecule has 0 saturated carbocycles. The number of alkyl carbamates (subject to hydrolysis) is 4. The molecular weight excluding hydrogens is 1470 g/mol. The third-order valence-corrected chi connectivity index (χ3v) is 18.7. The predicted molar refractivity (Wildman–Crippen MR) is 444 cm³/mol. The lowest BCUT2D eigenvalue weighted by atomic mass is 9.88. The summed E-state index contributed by atoms with van der Waals surface area (Å²) >= 11 is 0. The number of fused-ring (bicyclic) bond motifs is 8. The topological polar surface area (TPSA) is 313 Å². The average molecular weight is 1600 g/mol. The quantitative estimate of drug-likeness (QED) is 0.0205. The van der Waals surface area contributed by atoms with Crippen LogP contribution in [0.1, 0.15) is 303 Å². The highest BCUT2D eigenvalue weighted by molar-refractivity contribution is 5.69. The Morgan fingerprint density at radius 2 is 0.491 bits per heavy atom. The second-order valence-corrected chi connectivity index (χ2v) is 34.4. The van der Waals surface area contributed by atoms with Crippen molar-refractivity contribution in [1.82, 2.24) is 81.2 Å². The Hall–Kier alpha value is -10.3. The van der Waals surface area contributed by atoms with Crippen LogP contribution in [-0.4, -0.2) is 133 Å². The SMILES string of the molecule is CCCCCCOc1c2cc(Cn3cc(CNC(=O)OC(C)(C)C)nn3)cc1Cc1cc(Cn3cc(CNC(=O)OC(C)(C)C)nn3)cc(c1OCCCCCC)Cc1cc(Cn3cc(CNC(=O)OC(C)(C)C)nn3)cc(c1OCCCCCC)Cc1cc(Cn3cc(CNC(=O)OC(C)(C)C)nn3)cc(c1OCCCCCC)C2. The molecule has 8 aromatic rings. The lowest BCUT2D eigenvalue weighted by Crippen LogP contribution is -2.32. The van der Waals surface area contributed by atoms with E-state index in [0.29, 0.717) is 101 Å². The van der Waals surface area contributed by atoms with Gasteiger partial charge in [-0.05, 0) is 224 Å². The van der Waals surface area contributed by atoms with Gasteiger partial charge in [0, 0.05) is 25.7 Å². The zero-order chi connectivity index (χ0) is 83.4. The Morgan fingerprint density at radius 1 is 0.302 bits per heavy atom. The zero-order valence-electron chi connectivity index (χ0n) is 71.8. The summed E-state index contributed by atoms with van der Waals surface area (Å²) in [6.45, 7) is 34.2. The second kappa shape index (κ2) is 43.1. The number of unbranched alkanes of at least 4 members (excludes halogenated alkanes) is 12. The van der Waals surface area contributed by atoms with E-state index < -0.39 is 46.8 Å². The van der Waals surface area contributed by atoms with E-state index in [4.69, 9.17) is 37.9 Å². The fourth-order valence-corrected chi connectivity index (χ4v) is 13.7. The van der Waals surface area contributed by atoms with Gasteiger partial charge in [0.2, 0.25) is 0 Å². The second-order valence-electron chi connectivity index (χ2n) is 34.4. The number of aromatic nitrogens is 12. The van der Waals surface area contributed by atoms with E-state index in [1.54, 1.807) is 18.7 Å². The van der Waals surface area contributed by atoms with Crippen LogP contribution < -0.4 is 40.2 Å². The fraction of sp³-hybridized carbons (Fsp3) is 0.591. The summed E-state index contributed by atoms with van der Waals surface area (Å²) in [6.07, 6.45) is 22.3. The molecule has 0 aliphatic heterocycles. The number of nitrogens with one attached hydrogen (secondary N) is 4. The summed E-state index contributed by atoms with van der Waals surface area (Å²) in [7, 11) is 0. The van der Waals surface area contributed by atoms with Gasteiger partial charge in [-0.1, -0.05) is 126 Å². The minimum absolute atomic E-state index is 0.102. The van der Waals surface area contributed by atoms with Crippen molar-refractivity contribution in [2.24, 2.45) is 0 Å². The van der Waals surface area contributed by atoms with E-state index in [2.05, 4.69) is 139 Å². The summed E-state index contributed by atoms with van der Waals surface area (Å²) in [5.41, 5.74) is 10.5. The van der Waals surface area contributed by atoms with Crippen LogP contribution in [0.25, 0.3) is 0 Å². The molecule has 9 rings (SSSR count). The molecule has 4 amide bonds. The van der Waals surface area contributed by atoms with Crippen LogP contribution in [0, 0.1) is 0 Å². The van der Waals surface area contributed by atoms with Crippen molar-refractivity contribution < 1.29 is 57.1 Å². The monoisotopic (exact) mass is 1600 g/mol. The smallest absolute Gasteiger partial charge is 0.407 e. The lowest BCUT2D eigenvalue weighted by Gasteiger charge is -2.25. The molecule has 8 bridgehead atoms. The Labute approximate surface area is 685 Å². The van der Waals surface area contributed by atoms with Crippen LogP contribution >= 0.6 is 0 Å². The summed E-state index contributed by atoms with van der Waals surface area (Å²) in [6, 6.07) is 17.8.